The molecule has 1 aliphatic rings. The van der Waals surface area contributed by atoms with E-state index < -0.39 is 0 Å². The van der Waals surface area contributed by atoms with E-state index in [2.05, 4.69) is 18.7 Å². The second-order valence-electron chi connectivity index (χ2n) is 7.35. The van der Waals surface area contributed by atoms with Gasteiger partial charge in [-0.15, -0.1) is 0 Å². The van der Waals surface area contributed by atoms with Crippen LogP contribution in [0.4, 0.5) is 5.82 Å². The number of anilines is 1. The van der Waals surface area contributed by atoms with Gasteiger partial charge in [0.2, 0.25) is 0 Å². The van der Waals surface area contributed by atoms with Gasteiger partial charge in [0.25, 0.3) is 0 Å². The average molecular weight is 426 g/mol. The zero-order valence-electron chi connectivity index (χ0n) is 15.9. The monoisotopic (exact) mass is 425 g/mol. The van der Waals surface area contributed by atoms with Crippen LogP contribution in [0.1, 0.15) is 44.5 Å². The predicted octanol–water partition coefficient (Wildman–Crippen LogP) is 5.75. The van der Waals surface area contributed by atoms with E-state index in [0.717, 1.165) is 47.4 Å². The normalized spacial score (nSPS) is 16.6. The van der Waals surface area contributed by atoms with Gasteiger partial charge in [-0.25, -0.2) is 9.97 Å². The number of halogens is 2. The maximum Gasteiger partial charge on any atom is 0.153 e. The van der Waals surface area contributed by atoms with Gasteiger partial charge >= 0.3 is 0 Å². The molecule has 0 amide bonds. The Morgan fingerprint density at radius 2 is 1.93 bits per heavy atom. The van der Waals surface area contributed by atoms with Crippen molar-refractivity contribution in [2.24, 2.45) is 5.41 Å². The lowest BCUT2D eigenvalue weighted by molar-refractivity contribution is 0.236. The standard InChI is InChI=1S/C20H25Cl2N3OS/c1-4-20(3)8-10-25(11-9-20)18-15(12-26)24-19(13(2)23-18)27-16-7-5-6-14(21)17(16)22/h5-7,26H,4,8-12H2,1-3H3. The summed E-state index contributed by atoms with van der Waals surface area (Å²) in [4.78, 5) is 12.6. The summed E-state index contributed by atoms with van der Waals surface area (Å²) >= 11 is 13.8. The highest BCUT2D eigenvalue weighted by Gasteiger charge is 2.30. The van der Waals surface area contributed by atoms with Gasteiger partial charge in [-0.2, -0.15) is 0 Å². The molecule has 7 heteroatoms. The Labute approximate surface area is 175 Å². The van der Waals surface area contributed by atoms with Crippen molar-refractivity contribution in [3.63, 3.8) is 0 Å². The number of hydrogen-bond donors (Lipinski definition) is 1. The van der Waals surface area contributed by atoms with Crippen LogP contribution in [0.15, 0.2) is 28.1 Å². The zero-order valence-corrected chi connectivity index (χ0v) is 18.3. The van der Waals surface area contributed by atoms with Gasteiger partial charge in [0.1, 0.15) is 10.7 Å². The van der Waals surface area contributed by atoms with E-state index in [4.69, 9.17) is 33.2 Å². The summed E-state index contributed by atoms with van der Waals surface area (Å²) in [6.07, 6.45) is 3.45. The molecule has 0 saturated carbocycles. The first kappa shape index (κ1) is 20.7. The molecule has 1 saturated heterocycles. The molecule has 1 N–H and O–H groups in total. The Morgan fingerprint density at radius 1 is 1.22 bits per heavy atom. The van der Waals surface area contributed by atoms with E-state index in [1.54, 1.807) is 6.07 Å². The number of piperidine rings is 1. The molecule has 146 valence electrons. The number of aryl methyl sites for hydroxylation is 1. The minimum atomic E-state index is -0.138. The van der Waals surface area contributed by atoms with E-state index in [0.29, 0.717) is 21.2 Å². The van der Waals surface area contributed by atoms with E-state index in [-0.39, 0.29) is 6.61 Å². The van der Waals surface area contributed by atoms with Crippen molar-refractivity contribution in [2.45, 2.75) is 56.6 Å². The summed E-state index contributed by atoms with van der Waals surface area (Å²) in [6.45, 7) is 8.30. The van der Waals surface area contributed by atoms with E-state index in [9.17, 15) is 5.11 Å². The molecule has 1 fully saturated rings. The average Bonchev–Trinajstić information content (AvgIpc) is 2.67. The fraction of sp³-hybridized carbons (Fsp3) is 0.500. The van der Waals surface area contributed by atoms with Crippen LogP contribution in [0.2, 0.25) is 10.0 Å². The first-order valence-electron chi connectivity index (χ1n) is 9.22. The Hall–Kier alpha value is -1.01. The molecule has 1 aromatic carbocycles. The van der Waals surface area contributed by atoms with E-state index in [1.165, 1.54) is 18.2 Å². The topological polar surface area (TPSA) is 49.2 Å². The second-order valence-corrected chi connectivity index (χ2v) is 9.16. The van der Waals surface area contributed by atoms with Crippen molar-refractivity contribution in [1.29, 1.82) is 0 Å². The van der Waals surface area contributed by atoms with Crippen LogP contribution in [-0.4, -0.2) is 28.2 Å². The summed E-state index contributed by atoms with van der Waals surface area (Å²) in [5, 5.41) is 11.7. The summed E-state index contributed by atoms with van der Waals surface area (Å²) in [5.74, 6) is 0.801. The third-order valence-corrected chi connectivity index (χ3v) is 7.55. The first-order chi connectivity index (χ1) is 12.9. The van der Waals surface area contributed by atoms with Crippen molar-refractivity contribution in [2.75, 3.05) is 18.0 Å². The summed E-state index contributed by atoms with van der Waals surface area (Å²) in [5.41, 5.74) is 1.84. The Morgan fingerprint density at radius 3 is 2.56 bits per heavy atom. The molecule has 2 aromatic rings. The number of rotatable bonds is 5. The van der Waals surface area contributed by atoms with Crippen LogP contribution in [0, 0.1) is 12.3 Å². The lowest BCUT2D eigenvalue weighted by Crippen LogP contribution is -2.39. The molecule has 0 unspecified atom stereocenters. The van der Waals surface area contributed by atoms with Gasteiger partial charge in [0.05, 0.1) is 22.3 Å². The van der Waals surface area contributed by atoms with E-state index >= 15 is 0 Å². The summed E-state index contributed by atoms with van der Waals surface area (Å²) in [6, 6.07) is 5.52. The number of hydrogen-bond acceptors (Lipinski definition) is 5. The second kappa shape index (κ2) is 8.56. The van der Waals surface area contributed by atoms with Crippen LogP contribution in [0.3, 0.4) is 0 Å². The van der Waals surface area contributed by atoms with Gasteiger partial charge in [0.15, 0.2) is 5.82 Å². The molecule has 27 heavy (non-hydrogen) atoms. The molecule has 0 bridgehead atoms. The first-order valence-corrected chi connectivity index (χ1v) is 10.8. The molecule has 1 aromatic heterocycles. The van der Waals surface area contributed by atoms with Gasteiger partial charge < -0.3 is 10.0 Å². The fourth-order valence-electron chi connectivity index (χ4n) is 3.26. The smallest absolute Gasteiger partial charge is 0.153 e. The van der Waals surface area contributed by atoms with Gasteiger partial charge in [-0.1, -0.05) is 61.3 Å². The number of nitrogens with zero attached hydrogens (tertiary/aromatic N) is 3. The fourth-order valence-corrected chi connectivity index (χ4v) is 4.64. The maximum atomic E-state index is 9.89. The molecule has 0 aliphatic carbocycles. The molecule has 0 spiro atoms. The lowest BCUT2D eigenvalue weighted by Gasteiger charge is -2.40. The van der Waals surface area contributed by atoms with Crippen molar-refractivity contribution in [1.82, 2.24) is 9.97 Å². The van der Waals surface area contributed by atoms with Crippen LogP contribution in [0.5, 0.6) is 0 Å². The molecule has 0 radical (unpaired) electrons. The van der Waals surface area contributed by atoms with Crippen LogP contribution < -0.4 is 4.90 Å². The number of aliphatic hydroxyl groups excluding tert-OH is 1. The molecular formula is C20H25Cl2N3OS. The molecule has 0 atom stereocenters. The van der Waals surface area contributed by atoms with Crippen LogP contribution in [-0.2, 0) is 6.61 Å². The van der Waals surface area contributed by atoms with Crippen molar-refractivity contribution < 1.29 is 5.11 Å². The van der Waals surface area contributed by atoms with Crippen molar-refractivity contribution in [3.8, 4) is 0 Å². The summed E-state index contributed by atoms with van der Waals surface area (Å²) in [7, 11) is 0. The number of benzene rings is 1. The number of aliphatic hydroxyl groups is 1. The zero-order chi connectivity index (χ0) is 19.6. The Kier molecular flexibility index (Phi) is 6.57. The minimum Gasteiger partial charge on any atom is -0.390 e. The largest absolute Gasteiger partial charge is 0.390 e. The highest BCUT2D eigenvalue weighted by molar-refractivity contribution is 7.99. The van der Waals surface area contributed by atoms with Crippen LogP contribution in [0.25, 0.3) is 0 Å². The Balaban J connectivity index is 1.87. The van der Waals surface area contributed by atoms with Crippen molar-refractivity contribution in [3.05, 3.63) is 39.6 Å². The molecule has 3 rings (SSSR count). The minimum absolute atomic E-state index is 0.138. The highest BCUT2D eigenvalue weighted by Crippen LogP contribution is 2.39. The van der Waals surface area contributed by atoms with Gasteiger partial charge in [-0.05, 0) is 37.3 Å². The summed E-state index contributed by atoms with van der Waals surface area (Å²) < 4.78 is 0. The molecular weight excluding hydrogens is 401 g/mol. The molecule has 2 heterocycles. The quantitative estimate of drug-likeness (QED) is 0.660. The van der Waals surface area contributed by atoms with Gasteiger partial charge in [0, 0.05) is 18.0 Å². The maximum absolute atomic E-state index is 9.89. The van der Waals surface area contributed by atoms with Gasteiger partial charge in [-0.3, -0.25) is 0 Å². The Bertz CT molecular complexity index is 823. The predicted molar refractivity (Wildman–Crippen MR) is 113 cm³/mol. The third-order valence-electron chi connectivity index (χ3n) is 5.47. The highest BCUT2D eigenvalue weighted by atomic mass is 35.5. The number of aromatic nitrogens is 2. The SMILES string of the molecule is CCC1(C)CCN(c2nc(C)c(Sc3cccc(Cl)c3Cl)nc2CO)CC1. The van der Waals surface area contributed by atoms with E-state index in [1.807, 2.05) is 19.1 Å². The van der Waals surface area contributed by atoms with Crippen LogP contribution >= 0.6 is 35.0 Å². The molecule has 1 aliphatic heterocycles. The lowest BCUT2D eigenvalue weighted by atomic mass is 9.78. The third kappa shape index (κ3) is 4.53. The van der Waals surface area contributed by atoms with Crippen molar-refractivity contribution >= 4 is 40.8 Å². The molecule has 4 nitrogen and oxygen atoms in total.